The molecule has 0 amide bonds. The van der Waals surface area contributed by atoms with Crippen LogP contribution in [-0.2, 0) is 58.7 Å². The Morgan fingerprint density at radius 3 is 2.67 bits per heavy atom. The lowest BCUT2D eigenvalue weighted by molar-refractivity contribution is -0.0719. The van der Waals surface area contributed by atoms with Crippen molar-refractivity contribution in [2.75, 3.05) is 34.0 Å². The molecule has 8 bridgehead atoms. The Morgan fingerprint density at radius 2 is 1.85 bits per heavy atom. The van der Waals surface area contributed by atoms with E-state index >= 15 is 0 Å². The van der Waals surface area contributed by atoms with Crippen molar-refractivity contribution in [1.82, 2.24) is 24.1 Å². The van der Waals surface area contributed by atoms with Crippen LogP contribution in [0.2, 0.25) is 5.02 Å². The number of rotatable bonds is 4. The quantitative estimate of drug-likeness (QED) is 0.168. The number of fused-ring (bicyclic) bond motifs is 7. The molecule has 0 radical (unpaired) electrons. The SMILES string of the molecule is COCCn1nc2cc1CCc1cc(c3ccc(F)cc3c1)OCCCn1c(C(=O)OC)c(C)c3c(c(Cl)ccc31)-c1c(C)nn3c1C(C)(CC2)OCC3. The molecule has 282 valence electrons. The molecule has 0 spiro atoms. The summed E-state index contributed by atoms with van der Waals surface area (Å²) in [7, 11) is 3.10. The van der Waals surface area contributed by atoms with Gasteiger partial charge in [0.2, 0.25) is 0 Å². The molecule has 0 aliphatic carbocycles. The molecule has 2 aliphatic rings. The van der Waals surface area contributed by atoms with Crippen LogP contribution >= 0.6 is 11.6 Å². The van der Waals surface area contributed by atoms with E-state index < -0.39 is 11.6 Å². The second kappa shape index (κ2) is 14.5. The molecular weight excluding hydrogens is 709 g/mol. The van der Waals surface area contributed by atoms with E-state index in [9.17, 15) is 9.18 Å². The maximum Gasteiger partial charge on any atom is 0.354 e. The lowest BCUT2D eigenvalue weighted by atomic mass is 9.86. The van der Waals surface area contributed by atoms with Crippen molar-refractivity contribution in [3.63, 3.8) is 0 Å². The number of ether oxygens (including phenoxy) is 4. The number of carbonyl (C=O) groups is 1. The van der Waals surface area contributed by atoms with Crippen molar-refractivity contribution in [2.45, 2.75) is 78.1 Å². The first kappa shape index (κ1) is 36.3. The van der Waals surface area contributed by atoms with Gasteiger partial charge in [-0.05, 0) is 112 Å². The molecule has 1 unspecified atom stereocenters. The van der Waals surface area contributed by atoms with E-state index in [1.807, 2.05) is 41.3 Å². The number of aryl methyl sites for hydroxylation is 6. The Morgan fingerprint density at radius 1 is 1.00 bits per heavy atom. The molecule has 0 N–H and O–H groups in total. The minimum Gasteiger partial charge on any atom is -0.493 e. The second-order valence-electron chi connectivity index (χ2n) is 14.5. The first-order valence-electron chi connectivity index (χ1n) is 18.6. The van der Waals surface area contributed by atoms with Gasteiger partial charge in [0.05, 0.1) is 57.1 Å². The molecule has 12 heteroatoms. The van der Waals surface area contributed by atoms with Crippen molar-refractivity contribution >= 4 is 39.2 Å². The molecule has 2 aliphatic heterocycles. The Kier molecular flexibility index (Phi) is 9.74. The summed E-state index contributed by atoms with van der Waals surface area (Å²) in [5.41, 5.74) is 8.09. The van der Waals surface area contributed by atoms with E-state index in [0.29, 0.717) is 81.6 Å². The normalized spacial score (nSPS) is 17.7. The van der Waals surface area contributed by atoms with Crippen LogP contribution in [0.4, 0.5) is 4.39 Å². The summed E-state index contributed by atoms with van der Waals surface area (Å²) >= 11 is 7.19. The first-order valence-corrected chi connectivity index (χ1v) is 19.0. The van der Waals surface area contributed by atoms with Gasteiger partial charge in [-0.15, -0.1) is 0 Å². The van der Waals surface area contributed by atoms with E-state index in [1.54, 1.807) is 19.2 Å². The number of esters is 1. The summed E-state index contributed by atoms with van der Waals surface area (Å²) < 4.78 is 44.6. The smallest absolute Gasteiger partial charge is 0.354 e. The van der Waals surface area contributed by atoms with Gasteiger partial charge in [-0.3, -0.25) is 9.36 Å². The van der Waals surface area contributed by atoms with Gasteiger partial charge in [0.15, 0.2) is 0 Å². The van der Waals surface area contributed by atoms with Crippen molar-refractivity contribution in [3.05, 3.63) is 99.0 Å². The molecule has 3 aromatic carbocycles. The largest absolute Gasteiger partial charge is 0.493 e. The summed E-state index contributed by atoms with van der Waals surface area (Å²) in [6, 6.07) is 15.0. The number of hydrogen-bond acceptors (Lipinski definition) is 7. The molecule has 54 heavy (non-hydrogen) atoms. The Bertz CT molecular complexity index is 2410. The number of hydrogen-bond donors (Lipinski definition) is 0. The van der Waals surface area contributed by atoms with Crippen LogP contribution in [0.1, 0.15) is 64.2 Å². The predicted octanol–water partition coefficient (Wildman–Crippen LogP) is 8.14. The topological polar surface area (TPSA) is 94.6 Å². The monoisotopic (exact) mass is 753 g/mol. The Labute approximate surface area is 318 Å². The highest BCUT2D eigenvalue weighted by molar-refractivity contribution is 6.35. The van der Waals surface area contributed by atoms with Crippen molar-refractivity contribution in [3.8, 4) is 16.9 Å². The third kappa shape index (κ3) is 6.35. The van der Waals surface area contributed by atoms with Gasteiger partial charge in [0, 0.05) is 51.8 Å². The standard InChI is InChI=1S/C42H45ClFN5O5/c1-25-36-34-12-11-33(43)38(36)37-26(2)45-49-17-20-54-42(3,40(37)49)14-13-30-24-31(48(46-30)16-19-51-4)9-7-27-21-28-23-29(44)8-10-32(28)35(22-27)53-18-6-15-47(34)39(25)41(50)52-5/h8,10-12,21-24H,6-7,9,13-20H2,1-5H3. The number of benzene rings is 3. The number of methoxy groups -OCH3 is 2. The van der Waals surface area contributed by atoms with Crippen molar-refractivity contribution in [1.29, 1.82) is 0 Å². The molecule has 8 rings (SSSR count). The Hall–Kier alpha value is -4.71. The van der Waals surface area contributed by atoms with E-state index in [0.717, 1.165) is 73.1 Å². The molecule has 0 saturated heterocycles. The molecule has 10 nitrogen and oxygen atoms in total. The highest BCUT2D eigenvalue weighted by Gasteiger charge is 2.40. The zero-order valence-electron chi connectivity index (χ0n) is 31.4. The third-order valence-corrected chi connectivity index (χ3v) is 11.4. The third-order valence-electron chi connectivity index (χ3n) is 11.1. The van der Waals surface area contributed by atoms with Crippen LogP contribution in [0.15, 0.2) is 48.5 Å². The average Bonchev–Trinajstić information content (AvgIpc) is 3.80. The highest BCUT2D eigenvalue weighted by atomic mass is 35.5. The summed E-state index contributed by atoms with van der Waals surface area (Å²) in [5, 5.41) is 13.2. The van der Waals surface area contributed by atoms with Crippen LogP contribution in [0, 0.1) is 19.7 Å². The van der Waals surface area contributed by atoms with E-state index in [1.165, 1.54) is 13.2 Å². The summed E-state index contributed by atoms with van der Waals surface area (Å²) in [4.78, 5) is 13.5. The van der Waals surface area contributed by atoms with Gasteiger partial charge in [-0.25, -0.2) is 9.18 Å². The molecule has 3 aromatic heterocycles. The molecular formula is C42H45ClFN5O5. The minimum atomic E-state index is -0.703. The van der Waals surface area contributed by atoms with Gasteiger partial charge in [0.25, 0.3) is 0 Å². The molecule has 0 saturated carbocycles. The maximum absolute atomic E-state index is 14.5. The summed E-state index contributed by atoms with van der Waals surface area (Å²) in [6.07, 6.45) is 3.36. The maximum atomic E-state index is 14.5. The van der Waals surface area contributed by atoms with Crippen LogP contribution in [0.25, 0.3) is 32.8 Å². The van der Waals surface area contributed by atoms with Gasteiger partial charge in [0.1, 0.15) is 22.9 Å². The average molecular weight is 754 g/mol. The predicted molar refractivity (Wildman–Crippen MR) is 206 cm³/mol. The molecule has 0 fully saturated rings. The van der Waals surface area contributed by atoms with Crippen LogP contribution in [0.3, 0.4) is 0 Å². The molecule has 5 heterocycles. The highest BCUT2D eigenvalue weighted by Crippen LogP contribution is 2.47. The number of carbonyl (C=O) groups excluding carboxylic acids is 1. The number of halogens is 2. The van der Waals surface area contributed by atoms with Gasteiger partial charge < -0.3 is 23.5 Å². The number of nitrogens with zero attached hydrogens (tertiary/aromatic N) is 5. The summed E-state index contributed by atoms with van der Waals surface area (Å²) in [6.45, 7) is 9.26. The fourth-order valence-corrected chi connectivity index (χ4v) is 8.78. The minimum absolute atomic E-state index is 0.296. The lowest BCUT2D eigenvalue weighted by Crippen LogP contribution is -2.37. The number of aromatic nitrogens is 5. The molecule has 1 atom stereocenters. The lowest BCUT2D eigenvalue weighted by Gasteiger charge is -2.36. The first-order chi connectivity index (χ1) is 26.1. The fraction of sp³-hybridized carbons (Fsp3) is 0.405. The van der Waals surface area contributed by atoms with Crippen LogP contribution in [-0.4, -0.2) is 64.1 Å². The zero-order valence-corrected chi connectivity index (χ0v) is 32.2. The van der Waals surface area contributed by atoms with Crippen LogP contribution < -0.4 is 4.74 Å². The van der Waals surface area contributed by atoms with Gasteiger partial charge >= 0.3 is 5.97 Å². The van der Waals surface area contributed by atoms with Crippen LogP contribution in [0.5, 0.6) is 5.75 Å². The van der Waals surface area contributed by atoms with Gasteiger partial charge in [-0.2, -0.15) is 10.2 Å². The fourth-order valence-electron chi connectivity index (χ4n) is 8.53. The molecule has 6 aromatic rings. The van der Waals surface area contributed by atoms with E-state index in [-0.39, 0.29) is 5.82 Å². The van der Waals surface area contributed by atoms with Crippen molar-refractivity contribution in [2.24, 2.45) is 0 Å². The van der Waals surface area contributed by atoms with E-state index in [4.69, 9.17) is 40.7 Å². The zero-order chi connectivity index (χ0) is 37.7. The summed E-state index contributed by atoms with van der Waals surface area (Å²) in [5.74, 6) is -0.0219. The van der Waals surface area contributed by atoms with Crippen molar-refractivity contribution < 1.29 is 28.1 Å². The van der Waals surface area contributed by atoms with E-state index in [2.05, 4.69) is 23.7 Å². The van der Waals surface area contributed by atoms with Gasteiger partial charge in [-0.1, -0.05) is 17.7 Å². The second-order valence-corrected chi connectivity index (χ2v) is 15.0. The Balaban J connectivity index is 1.30.